The number of anilines is 1. The zero-order valence-corrected chi connectivity index (χ0v) is 19.8. The zero-order chi connectivity index (χ0) is 22.8. The summed E-state index contributed by atoms with van der Waals surface area (Å²) in [6.45, 7) is 5.65. The largest absolute Gasteiger partial charge is 0.367 e. The van der Waals surface area contributed by atoms with Gasteiger partial charge in [0.15, 0.2) is 5.82 Å². The quantitative estimate of drug-likeness (QED) is 0.529. The van der Waals surface area contributed by atoms with E-state index in [0.717, 1.165) is 54.1 Å². The van der Waals surface area contributed by atoms with Crippen molar-refractivity contribution in [1.29, 1.82) is 0 Å². The summed E-state index contributed by atoms with van der Waals surface area (Å²) in [5.74, 6) is -0.299. The topological polar surface area (TPSA) is 96.2 Å². The van der Waals surface area contributed by atoms with Gasteiger partial charge in [-0.2, -0.15) is 4.98 Å². The molecule has 0 unspecified atom stereocenters. The van der Waals surface area contributed by atoms with Gasteiger partial charge in [0.25, 0.3) is 0 Å². The van der Waals surface area contributed by atoms with Crippen LogP contribution in [0.15, 0.2) is 41.2 Å². The monoisotopic (exact) mass is 486 g/mol. The van der Waals surface area contributed by atoms with Gasteiger partial charge in [-0.05, 0) is 42.5 Å². The Morgan fingerprint density at radius 2 is 2.06 bits per heavy atom. The Bertz CT molecular complexity index is 1160. The first-order valence-corrected chi connectivity index (χ1v) is 11.3. The molecule has 1 aliphatic carbocycles. The molecule has 1 aliphatic heterocycles. The first kappa shape index (κ1) is 24.1. The number of hydrogen-bond donors (Lipinski definition) is 2. The summed E-state index contributed by atoms with van der Waals surface area (Å²) in [5, 5.41) is 10.0. The average Bonchev–Trinajstić information content (AvgIpc) is 3.50. The summed E-state index contributed by atoms with van der Waals surface area (Å²) in [4.78, 5) is 23.3. The van der Waals surface area contributed by atoms with Crippen molar-refractivity contribution < 1.29 is 13.7 Å². The van der Waals surface area contributed by atoms with Crippen molar-refractivity contribution in [3.05, 3.63) is 59.5 Å². The van der Waals surface area contributed by atoms with E-state index >= 15 is 0 Å². The van der Waals surface area contributed by atoms with Crippen LogP contribution < -0.4 is 15.5 Å². The van der Waals surface area contributed by atoms with Gasteiger partial charge in [-0.1, -0.05) is 23.4 Å². The van der Waals surface area contributed by atoms with Gasteiger partial charge in [-0.15, -0.1) is 12.4 Å². The molecule has 2 fully saturated rings. The minimum Gasteiger partial charge on any atom is -0.367 e. The summed E-state index contributed by atoms with van der Waals surface area (Å²) in [6, 6.07) is 8.27. The number of pyridine rings is 1. The number of amides is 1. The third-order valence-corrected chi connectivity index (χ3v) is 6.55. The Morgan fingerprint density at radius 3 is 2.76 bits per heavy atom. The van der Waals surface area contributed by atoms with E-state index in [4.69, 9.17) is 4.52 Å². The molecule has 0 radical (unpaired) electrons. The fraction of sp³-hybridized carbons (Fsp3) is 0.417. The predicted octanol–water partition coefficient (Wildman–Crippen LogP) is 3.20. The van der Waals surface area contributed by atoms with Crippen LogP contribution >= 0.6 is 12.4 Å². The number of aryl methyl sites for hydroxylation is 1. The molecular weight excluding hydrogens is 459 g/mol. The third-order valence-electron chi connectivity index (χ3n) is 6.55. The molecule has 1 aromatic carbocycles. The van der Waals surface area contributed by atoms with Crippen LogP contribution in [0.25, 0.3) is 11.1 Å². The van der Waals surface area contributed by atoms with Crippen LogP contribution in [0.5, 0.6) is 0 Å². The molecule has 5 rings (SSSR count). The van der Waals surface area contributed by atoms with E-state index in [1.165, 1.54) is 0 Å². The Kier molecular flexibility index (Phi) is 7.13. The molecule has 3 heterocycles. The third kappa shape index (κ3) is 4.76. The highest BCUT2D eigenvalue weighted by Crippen LogP contribution is 2.47. The average molecular weight is 487 g/mol. The van der Waals surface area contributed by atoms with Gasteiger partial charge >= 0.3 is 11.8 Å². The summed E-state index contributed by atoms with van der Waals surface area (Å²) >= 11 is 0. The highest BCUT2D eigenvalue weighted by atomic mass is 35.5. The molecule has 1 amide bonds. The van der Waals surface area contributed by atoms with Crippen LogP contribution in [0.4, 0.5) is 10.1 Å². The standard InChI is InChI=1S/C24H27FN6O2.ClH/c1-16-12-17(19-4-7-27-14-20(19)31-10-8-26-9-11-31)2-3-18(16)13-28-21(32)22-29-23(30-33-22)24(15-25)5-6-24;/h2-4,7,12,14,26H,5-6,8-11,13,15H2,1H3,(H,28,32);1H. The van der Waals surface area contributed by atoms with Crippen LogP contribution in [0, 0.1) is 6.92 Å². The molecule has 1 saturated carbocycles. The summed E-state index contributed by atoms with van der Waals surface area (Å²) in [5.41, 5.74) is 4.80. The predicted molar refractivity (Wildman–Crippen MR) is 129 cm³/mol. The van der Waals surface area contributed by atoms with E-state index < -0.39 is 18.0 Å². The smallest absolute Gasteiger partial charge is 0.315 e. The van der Waals surface area contributed by atoms with Crippen molar-refractivity contribution in [2.24, 2.45) is 0 Å². The van der Waals surface area contributed by atoms with Gasteiger partial charge in [0.05, 0.1) is 17.3 Å². The fourth-order valence-electron chi connectivity index (χ4n) is 4.20. The molecule has 180 valence electrons. The molecular formula is C24H28ClFN6O2. The van der Waals surface area contributed by atoms with Crippen molar-refractivity contribution in [3.8, 4) is 11.1 Å². The van der Waals surface area contributed by atoms with E-state index in [1.54, 1.807) is 0 Å². The highest BCUT2D eigenvalue weighted by molar-refractivity contribution is 5.89. The number of piperazine rings is 1. The Balaban J connectivity index is 0.00000274. The lowest BCUT2D eigenvalue weighted by atomic mass is 9.99. The van der Waals surface area contributed by atoms with E-state index in [2.05, 4.69) is 42.8 Å². The maximum absolute atomic E-state index is 13.2. The maximum atomic E-state index is 13.2. The maximum Gasteiger partial charge on any atom is 0.315 e. The molecule has 0 atom stereocenters. The second-order valence-corrected chi connectivity index (χ2v) is 8.79. The fourth-order valence-corrected chi connectivity index (χ4v) is 4.20. The zero-order valence-electron chi connectivity index (χ0n) is 19.0. The van der Waals surface area contributed by atoms with E-state index in [1.807, 2.05) is 31.5 Å². The van der Waals surface area contributed by atoms with Crippen molar-refractivity contribution in [2.75, 3.05) is 37.8 Å². The molecule has 34 heavy (non-hydrogen) atoms. The normalized spacial score (nSPS) is 16.6. The number of nitrogens with zero attached hydrogens (tertiary/aromatic N) is 4. The molecule has 2 aromatic heterocycles. The van der Waals surface area contributed by atoms with E-state index in [0.29, 0.717) is 19.4 Å². The highest BCUT2D eigenvalue weighted by Gasteiger charge is 2.49. The summed E-state index contributed by atoms with van der Waals surface area (Å²) in [7, 11) is 0. The lowest BCUT2D eigenvalue weighted by Gasteiger charge is -2.31. The molecule has 0 spiro atoms. The Hall–Kier alpha value is -3.04. The number of aromatic nitrogens is 3. The molecule has 2 aliphatic rings. The van der Waals surface area contributed by atoms with E-state index in [-0.39, 0.29) is 24.1 Å². The lowest BCUT2D eigenvalue weighted by Crippen LogP contribution is -2.43. The lowest BCUT2D eigenvalue weighted by molar-refractivity contribution is 0.0907. The van der Waals surface area contributed by atoms with Gasteiger partial charge in [-0.3, -0.25) is 9.78 Å². The van der Waals surface area contributed by atoms with Crippen LogP contribution in [-0.4, -0.2) is 53.9 Å². The first-order chi connectivity index (χ1) is 16.1. The second kappa shape index (κ2) is 10.1. The minimum absolute atomic E-state index is 0. The Labute approximate surface area is 203 Å². The minimum atomic E-state index is -0.648. The SMILES string of the molecule is Cc1cc(-c2ccncc2N2CCNCC2)ccc1CNC(=O)c1nc(C2(CF)CC2)no1.Cl. The number of alkyl halides is 1. The Morgan fingerprint density at radius 1 is 1.26 bits per heavy atom. The molecule has 0 bridgehead atoms. The van der Waals surface area contributed by atoms with Gasteiger partial charge < -0.3 is 20.1 Å². The van der Waals surface area contributed by atoms with Crippen molar-refractivity contribution in [3.63, 3.8) is 0 Å². The molecule has 8 nitrogen and oxygen atoms in total. The molecule has 10 heteroatoms. The van der Waals surface area contributed by atoms with Gasteiger partial charge in [0.2, 0.25) is 0 Å². The number of hydrogen-bond acceptors (Lipinski definition) is 7. The van der Waals surface area contributed by atoms with Gasteiger partial charge in [-0.25, -0.2) is 4.39 Å². The molecule has 3 aromatic rings. The van der Waals surface area contributed by atoms with Crippen LogP contribution in [0.2, 0.25) is 0 Å². The van der Waals surface area contributed by atoms with Crippen LogP contribution in [0.3, 0.4) is 0 Å². The van der Waals surface area contributed by atoms with Gasteiger partial charge in [0.1, 0.15) is 6.67 Å². The number of nitrogens with one attached hydrogen (secondary N) is 2. The van der Waals surface area contributed by atoms with Gasteiger partial charge in [0, 0.05) is 44.5 Å². The van der Waals surface area contributed by atoms with E-state index in [9.17, 15) is 9.18 Å². The number of rotatable bonds is 7. The number of carbonyl (C=O) groups excluding carboxylic acids is 1. The molecule has 2 N–H and O–H groups in total. The second-order valence-electron chi connectivity index (χ2n) is 8.79. The first-order valence-electron chi connectivity index (χ1n) is 11.3. The number of benzene rings is 1. The van der Waals surface area contributed by atoms with Crippen molar-refractivity contribution >= 4 is 24.0 Å². The molecule has 1 saturated heterocycles. The number of halogens is 2. The van der Waals surface area contributed by atoms with Crippen LogP contribution in [-0.2, 0) is 12.0 Å². The number of carbonyl (C=O) groups is 1. The summed E-state index contributed by atoms with van der Waals surface area (Å²) in [6.07, 6.45) is 5.11. The van der Waals surface area contributed by atoms with Crippen molar-refractivity contribution in [1.82, 2.24) is 25.8 Å². The summed E-state index contributed by atoms with van der Waals surface area (Å²) < 4.78 is 18.3. The van der Waals surface area contributed by atoms with Crippen molar-refractivity contribution in [2.45, 2.75) is 31.7 Å². The van der Waals surface area contributed by atoms with Crippen LogP contribution in [0.1, 0.15) is 40.5 Å².